The maximum atomic E-state index is 12.7. The lowest BCUT2D eigenvalue weighted by atomic mass is 10.2. The fourth-order valence-corrected chi connectivity index (χ4v) is 3.49. The van der Waals surface area contributed by atoms with Gasteiger partial charge in [0.15, 0.2) is 5.03 Å². The Morgan fingerprint density at radius 1 is 0.905 bits per heavy atom. The van der Waals surface area contributed by atoms with Crippen molar-refractivity contribution in [1.82, 2.24) is 9.89 Å². The Morgan fingerprint density at radius 2 is 1.48 bits per heavy atom. The summed E-state index contributed by atoms with van der Waals surface area (Å²) in [5.74, 6) is 5.49. The summed E-state index contributed by atoms with van der Waals surface area (Å²) in [6, 6.07) is 14.2. The third-order valence-corrected chi connectivity index (χ3v) is 4.81. The van der Waals surface area contributed by atoms with E-state index in [1.54, 1.807) is 36.4 Å². The molecule has 0 saturated heterocycles. The van der Waals surface area contributed by atoms with Gasteiger partial charge in [0.05, 0.1) is 10.3 Å². The number of hydrogen-bond acceptors (Lipinski definition) is 5. The van der Waals surface area contributed by atoms with Gasteiger partial charge in [-0.2, -0.15) is 0 Å². The molecule has 0 aliphatic carbocycles. The van der Waals surface area contributed by atoms with E-state index in [9.17, 15) is 13.2 Å². The predicted octanol–water partition coefficient (Wildman–Crippen LogP) is 0.943. The van der Waals surface area contributed by atoms with E-state index in [1.807, 2.05) is 0 Å². The molecule has 0 radical (unpaired) electrons. The minimum atomic E-state index is -3.86. The molecule has 0 atom stereocenters. The van der Waals surface area contributed by atoms with Crippen LogP contribution in [-0.4, -0.2) is 18.3 Å². The summed E-state index contributed by atoms with van der Waals surface area (Å²) < 4.78 is 25.4. The van der Waals surface area contributed by atoms with Crippen molar-refractivity contribution in [3.8, 4) is 0 Å². The van der Waals surface area contributed by atoms with Crippen LogP contribution in [0.5, 0.6) is 0 Å². The molecule has 0 aliphatic heterocycles. The average molecular weight is 301 g/mol. The first kappa shape index (κ1) is 13.3. The van der Waals surface area contributed by atoms with E-state index in [1.165, 1.54) is 18.2 Å². The van der Waals surface area contributed by atoms with Gasteiger partial charge in [-0.15, -0.1) is 9.89 Å². The molecule has 3 rings (SSSR count). The molecule has 7 heteroatoms. The zero-order valence-corrected chi connectivity index (χ0v) is 11.6. The quantitative estimate of drug-likeness (QED) is 0.711. The van der Waals surface area contributed by atoms with Gasteiger partial charge in [-0.1, -0.05) is 36.4 Å². The van der Waals surface area contributed by atoms with Gasteiger partial charge in [0.1, 0.15) is 0 Å². The Bertz CT molecular complexity index is 979. The number of rotatable bonds is 2. The van der Waals surface area contributed by atoms with Gasteiger partial charge < -0.3 is 5.84 Å². The molecule has 6 nitrogen and oxygen atoms in total. The number of fused-ring (bicyclic) bond motifs is 1. The van der Waals surface area contributed by atoms with Crippen LogP contribution in [0.2, 0.25) is 0 Å². The van der Waals surface area contributed by atoms with Crippen LogP contribution >= 0.6 is 0 Å². The zero-order valence-electron chi connectivity index (χ0n) is 10.8. The van der Waals surface area contributed by atoms with Crippen molar-refractivity contribution >= 4 is 20.6 Å². The lowest BCUT2D eigenvalue weighted by molar-refractivity contribution is 0.586. The first-order valence-corrected chi connectivity index (χ1v) is 7.57. The first-order chi connectivity index (χ1) is 10.0. The standard InChI is InChI=1S/C14H11N3O3S/c15-17-14(18)12-9-5-4-8-11(12)13(16-17)21(19,20)10-6-2-1-3-7-10/h1-9H,15H2. The first-order valence-electron chi connectivity index (χ1n) is 6.09. The van der Waals surface area contributed by atoms with Crippen molar-refractivity contribution in [2.75, 3.05) is 5.84 Å². The summed E-state index contributed by atoms with van der Waals surface area (Å²) in [6.45, 7) is 0. The highest BCUT2D eigenvalue weighted by atomic mass is 32.2. The van der Waals surface area contributed by atoms with E-state index in [2.05, 4.69) is 5.10 Å². The van der Waals surface area contributed by atoms with Crippen LogP contribution in [0.4, 0.5) is 0 Å². The van der Waals surface area contributed by atoms with E-state index in [0.29, 0.717) is 4.79 Å². The number of nitrogens with zero attached hydrogens (tertiary/aromatic N) is 2. The molecule has 0 unspecified atom stereocenters. The summed E-state index contributed by atoms with van der Waals surface area (Å²) in [6.07, 6.45) is 0. The van der Waals surface area contributed by atoms with Crippen LogP contribution in [0.1, 0.15) is 0 Å². The summed E-state index contributed by atoms with van der Waals surface area (Å²) in [4.78, 5) is 12.6. The maximum Gasteiger partial charge on any atom is 0.293 e. The Kier molecular flexibility index (Phi) is 2.99. The third kappa shape index (κ3) is 2.07. The highest BCUT2D eigenvalue weighted by Gasteiger charge is 2.24. The number of aromatic nitrogens is 2. The Labute approximate surface area is 120 Å². The van der Waals surface area contributed by atoms with E-state index < -0.39 is 15.4 Å². The van der Waals surface area contributed by atoms with Crippen LogP contribution in [0.15, 0.2) is 69.3 Å². The average Bonchev–Trinajstić information content (AvgIpc) is 2.51. The molecule has 3 aromatic rings. The number of benzene rings is 2. The smallest absolute Gasteiger partial charge is 0.293 e. The number of sulfone groups is 1. The lowest BCUT2D eigenvalue weighted by Crippen LogP contribution is -2.31. The normalized spacial score (nSPS) is 11.6. The van der Waals surface area contributed by atoms with Crippen LogP contribution < -0.4 is 11.4 Å². The summed E-state index contributed by atoms with van der Waals surface area (Å²) in [5.41, 5.74) is -0.544. The molecule has 106 valence electrons. The monoisotopic (exact) mass is 301 g/mol. The highest BCUT2D eigenvalue weighted by molar-refractivity contribution is 7.91. The molecule has 0 saturated carbocycles. The molecule has 0 amide bonds. The topological polar surface area (TPSA) is 95.1 Å². The molecule has 1 aromatic heterocycles. The molecule has 0 bridgehead atoms. The highest BCUT2D eigenvalue weighted by Crippen LogP contribution is 2.24. The molecule has 21 heavy (non-hydrogen) atoms. The van der Waals surface area contributed by atoms with Crippen molar-refractivity contribution in [1.29, 1.82) is 0 Å². The molecule has 1 heterocycles. The largest absolute Gasteiger partial charge is 0.320 e. The van der Waals surface area contributed by atoms with E-state index in [4.69, 9.17) is 5.84 Å². The number of hydrogen-bond donors (Lipinski definition) is 1. The second-order valence-corrected chi connectivity index (χ2v) is 6.28. The Balaban J connectivity index is 2.42. The minimum Gasteiger partial charge on any atom is -0.320 e. The van der Waals surface area contributed by atoms with Crippen LogP contribution in [0, 0.1) is 0 Å². The summed E-state index contributed by atoms with van der Waals surface area (Å²) in [5, 5.41) is 3.98. The predicted molar refractivity (Wildman–Crippen MR) is 78.0 cm³/mol. The van der Waals surface area contributed by atoms with Crippen LogP contribution in [0.25, 0.3) is 10.8 Å². The van der Waals surface area contributed by atoms with E-state index in [0.717, 1.165) is 0 Å². The van der Waals surface area contributed by atoms with Gasteiger partial charge >= 0.3 is 0 Å². The fourth-order valence-electron chi connectivity index (χ4n) is 2.09. The molecule has 0 aliphatic rings. The molecule has 0 spiro atoms. The molecule has 2 N–H and O–H groups in total. The SMILES string of the molecule is Nn1nc(S(=O)(=O)c2ccccc2)c2ccccc2c1=O. The molecule has 0 fully saturated rings. The van der Waals surface area contributed by atoms with Crippen molar-refractivity contribution in [3.05, 3.63) is 65.0 Å². The minimum absolute atomic E-state index is 0.0984. The van der Waals surface area contributed by atoms with Gasteiger partial charge in [0, 0.05) is 5.39 Å². The van der Waals surface area contributed by atoms with Gasteiger partial charge in [-0.25, -0.2) is 8.42 Å². The van der Waals surface area contributed by atoms with Crippen molar-refractivity contribution in [2.45, 2.75) is 9.92 Å². The van der Waals surface area contributed by atoms with Crippen molar-refractivity contribution in [3.63, 3.8) is 0 Å². The fraction of sp³-hybridized carbons (Fsp3) is 0. The third-order valence-electron chi connectivity index (χ3n) is 3.10. The van der Waals surface area contributed by atoms with Crippen molar-refractivity contribution < 1.29 is 8.42 Å². The molecular formula is C14H11N3O3S. The Morgan fingerprint density at radius 3 is 2.14 bits per heavy atom. The molecule has 2 aromatic carbocycles. The Hall–Kier alpha value is -2.67. The van der Waals surface area contributed by atoms with E-state index >= 15 is 0 Å². The van der Waals surface area contributed by atoms with Gasteiger partial charge in [-0.3, -0.25) is 4.79 Å². The lowest BCUT2D eigenvalue weighted by Gasteiger charge is -2.08. The second kappa shape index (κ2) is 4.71. The maximum absolute atomic E-state index is 12.7. The van der Waals surface area contributed by atoms with Crippen molar-refractivity contribution in [2.24, 2.45) is 0 Å². The van der Waals surface area contributed by atoms with Gasteiger partial charge in [0.25, 0.3) is 5.56 Å². The van der Waals surface area contributed by atoms with Crippen LogP contribution in [0.3, 0.4) is 0 Å². The van der Waals surface area contributed by atoms with Crippen LogP contribution in [-0.2, 0) is 9.84 Å². The zero-order chi connectivity index (χ0) is 15.0. The van der Waals surface area contributed by atoms with E-state index in [-0.39, 0.29) is 20.7 Å². The summed E-state index contributed by atoms with van der Waals surface area (Å²) in [7, 11) is -3.86. The van der Waals surface area contributed by atoms with Gasteiger partial charge in [-0.05, 0) is 18.2 Å². The number of nitrogen functional groups attached to an aromatic ring is 1. The van der Waals surface area contributed by atoms with Gasteiger partial charge in [0.2, 0.25) is 9.84 Å². The number of nitrogens with two attached hydrogens (primary N) is 1. The summed E-state index contributed by atoms with van der Waals surface area (Å²) >= 11 is 0. The molecular weight excluding hydrogens is 290 g/mol. The second-order valence-electron chi connectivity index (χ2n) is 4.42.